The first-order valence-corrected chi connectivity index (χ1v) is 6.73. The maximum absolute atomic E-state index is 11.7. The van der Waals surface area contributed by atoms with Gasteiger partial charge in [-0.3, -0.25) is 0 Å². The number of nitrogens with zero attached hydrogens (tertiary/aromatic N) is 1. The van der Waals surface area contributed by atoms with E-state index in [9.17, 15) is 8.42 Å². The van der Waals surface area contributed by atoms with Gasteiger partial charge >= 0.3 is 0 Å². The van der Waals surface area contributed by atoms with Gasteiger partial charge in [-0.25, -0.2) is 12.7 Å². The molecule has 5 nitrogen and oxygen atoms in total. The Kier molecular flexibility index (Phi) is 7.08. The third kappa shape index (κ3) is 6.09. The maximum Gasteiger partial charge on any atom is 0.213 e. The summed E-state index contributed by atoms with van der Waals surface area (Å²) in [6.07, 6.45) is 1.56. The van der Waals surface area contributed by atoms with Crippen LogP contribution < -0.4 is 5.73 Å². The van der Waals surface area contributed by atoms with E-state index < -0.39 is 10.0 Å². The Morgan fingerprint density at radius 3 is 2.53 bits per heavy atom. The van der Waals surface area contributed by atoms with Crippen LogP contribution in [0.15, 0.2) is 0 Å². The summed E-state index contributed by atoms with van der Waals surface area (Å²) >= 11 is 0. The smallest absolute Gasteiger partial charge is 0.213 e. The molecule has 6 heteroatoms. The fraction of sp³-hybridized carbons (Fsp3) is 1.00. The number of hydrogen-bond donors (Lipinski definition) is 1. The van der Waals surface area contributed by atoms with Gasteiger partial charge in [0, 0.05) is 26.7 Å². The van der Waals surface area contributed by atoms with Crippen LogP contribution in [-0.4, -0.2) is 51.8 Å². The molecule has 1 unspecified atom stereocenters. The third-order valence-corrected chi connectivity index (χ3v) is 4.01. The average Bonchev–Trinajstić information content (AvgIpc) is 2.15. The zero-order valence-corrected chi connectivity index (χ0v) is 10.6. The van der Waals surface area contributed by atoms with Gasteiger partial charge in [0.15, 0.2) is 0 Å². The Balaban J connectivity index is 4.12. The molecular weight excluding hydrogens is 216 g/mol. The van der Waals surface area contributed by atoms with E-state index in [1.54, 1.807) is 14.2 Å². The molecular formula is C9H22N2O3S. The molecule has 0 aliphatic heterocycles. The summed E-state index contributed by atoms with van der Waals surface area (Å²) in [5, 5.41) is 0. The highest BCUT2D eigenvalue weighted by molar-refractivity contribution is 7.89. The van der Waals surface area contributed by atoms with Crippen LogP contribution in [-0.2, 0) is 14.8 Å². The minimum Gasteiger partial charge on any atom is -0.383 e. The molecule has 0 aromatic heterocycles. The molecule has 0 aliphatic rings. The van der Waals surface area contributed by atoms with Crippen LogP contribution in [0.25, 0.3) is 0 Å². The van der Waals surface area contributed by atoms with Crippen molar-refractivity contribution in [1.29, 1.82) is 0 Å². The molecule has 15 heavy (non-hydrogen) atoms. The highest BCUT2D eigenvalue weighted by Gasteiger charge is 2.19. The Morgan fingerprint density at radius 1 is 1.47 bits per heavy atom. The summed E-state index contributed by atoms with van der Waals surface area (Å²) in [5.41, 5.74) is 5.68. The monoisotopic (exact) mass is 238 g/mol. The summed E-state index contributed by atoms with van der Waals surface area (Å²) in [7, 11) is -0.0349. The number of likely N-dealkylation sites (N-methyl/N-ethyl adjacent to an activating group) is 1. The van der Waals surface area contributed by atoms with Gasteiger partial charge in [0.25, 0.3) is 0 Å². The second-order valence-electron chi connectivity index (χ2n) is 3.67. The highest BCUT2D eigenvalue weighted by atomic mass is 32.2. The molecule has 0 fully saturated rings. The van der Waals surface area contributed by atoms with Crippen molar-refractivity contribution in [3.63, 3.8) is 0 Å². The predicted molar refractivity (Wildman–Crippen MR) is 61.2 cm³/mol. The Hall–Kier alpha value is -0.170. The number of rotatable bonds is 8. The van der Waals surface area contributed by atoms with Crippen molar-refractivity contribution in [3.8, 4) is 0 Å². The van der Waals surface area contributed by atoms with Gasteiger partial charge in [-0.05, 0) is 6.42 Å². The van der Waals surface area contributed by atoms with Crippen LogP contribution in [0.5, 0.6) is 0 Å². The van der Waals surface area contributed by atoms with Crippen molar-refractivity contribution in [3.05, 3.63) is 0 Å². The van der Waals surface area contributed by atoms with Gasteiger partial charge in [-0.2, -0.15) is 0 Å². The lowest BCUT2D eigenvalue weighted by atomic mass is 10.3. The van der Waals surface area contributed by atoms with Gasteiger partial charge in [0.2, 0.25) is 10.0 Å². The quantitative estimate of drug-likeness (QED) is 0.647. The van der Waals surface area contributed by atoms with E-state index in [4.69, 9.17) is 10.5 Å². The van der Waals surface area contributed by atoms with Crippen molar-refractivity contribution in [2.45, 2.75) is 25.8 Å². The number of methoxy groups -OCH3 is 1. The van der Waals surface area contributed by atoms with Crippen LogP contribution in [0.3, 0.4) is 0 Å². The van der Waals surface area contributed by atoms with Crippen LogP contribution in [0.2, 0.25) is 0 Å². The Labute approximate surface area is 92.6 Å². The lowest BCUT2D eigenvalue weighted by Crippen LogP contribution is -2.41. The summed E-state index contributed by atoms with van der Waals surface area (Å²) in [4.78, 5) is 0. The zero-order chi connectivity index (χ0) is 11.9. The lowest BCUT2D eigenvalue weighted by Gasteiger charge is -2.20. The normalized spacial score (nSPS) is 14.5. The van der Waals surface area contributed by atoms with E-state index in [-0.39, 0.29) is 11.8 Å². The Bertz CT molecular complexity index is 254. The van der Waals surface area contributed by atoms with Crippen molar-refractivity contribution in [1.82, 2.24) is 4.31 Å². The second-order valence-corrected chi connectivity index (χ2v) is 5.86. The molecule has 0 saturated carbocycles. The summed E-state index contributed by atoms with van der Waals surface area (Å²) < 4.78 is 29.5. The van der Waals surface area contributed by atoms with E-state index in [1.165, 1.54) is 4.31 Å². The van der Waals surface area contributed by atoms with Crippen molar-refractivity contribution < 1.29 is 13.2 Å². The lowest BCUT2D eigenvalue weighted by molar-refractivity contribution is 0.173. The van der Waals surface area contributed by atoms with Crippen LogP contribution in [0.1, 0.15) is 19.8 Å². The second kappa shape index (κ2) is 7.16. The molecule has 0 rings (SSSR count). The van der Waals surface area contributed by atoms with E-state index in [1.807, 2.05) is 6.92 Å². The van der Waals surface area contributed by atoms with E-state index >= 15 is 0 Å². The third-order valence-electron chi connectivity index (χ3n) is 2.10. The van der Waals surface area contributed by atoms with Crippen LogP contribution in [0.4, 0.5) is 0 Å². The van der Waals surface area contributed by atoms with Gasteiger partial charge < -0.3 is 10.5 Å². The summed E-state index contributed by atoms with van der Waals surface area (Å²) in [5.74, 6) is 0.194. The van der Waals surface area contributed by atoms with E-state index in [0.717, 1.165) is 6.42 Å². The molecule has 0 aliphatic carbocycles. The number of ether oxygens (including phenoxy) is 1. The van der Waals surface area contributed by atoms with Gasteiger partial charge in [0.05, 0.1) is 12.4 Å². The van der Waals surface area contributed by atoms with Crippen molar-refractivity contribution in [2.24, 2.45) is 5.73 Å². The SMILES string of the molecule is CCCCS(=O)(=O)N(C)CC(N)COC. The number of nitrogens with two attached hydrogens (primary N) is 1. The fourth-order valence-electron chi connectivity index (χ4n) is 1.19. The standard InChI is InChI=1S/C9H22N2O3S/c1-4-5-6-15(12,13)11(2)7-9(10)8-14-3/h9H,4-8,10H2,1-3H3. The van der Waals surface area contributed by atoms with Crippen LogP contribution in [0, 0.1) is 0 Å². The molecule has 0 amide bonds. The molecule has 0 radical (unpaired) electrons. The van der Waals surface area contributed by atoms with Crippen LogP contribution >= 0.6 is 0 Å². The molecule has 0 bridgehead atoms. The average molecular weight is 238 g/mol. The fourth-order valence-corrected chi connectivity index (χ4v) is 2.58. The first-order chi connectivity index (χ1) is 6.94. The maximum atomic E-state index is 11.7. The van der Waals surface area contributed by atoms with Gasteiger partial charge in [0.1, 0.15) is 0 Å². The zero-order valence-electron chi connectivity index (χ0n) is 9.77. The first-order valence-electron chi connectivity index (χ1n) is 5.12. The minimum absolute atomic E-state index is 0.194. The van der Waals surface area contributed by atoms with Gasteiger partial charge in [-0.1, -0.05) is 13.3 Å². The predicted octanol–water partition coefficient (Wildman–Crippen LogP) is 0.0218. The molecule has 0 heterocycles. The molecule has 0 saturated heterocycles. The summed E-state index contributed by atoms with van der Waals surface area (Å²) in [6.45, 7) is 2.64. The van der Waals surface area contributed by atoms with E-state index in [0.29, 0.717) is 19.6 Å². The first kappa shape index (κ1) is 14.8. The number of hydrogen-bond acceptors (Lipinski definition) is 4. The molecule has 1 atom stereocenters. The summed E-state index contributed by atoms with van der Waals surface area (Å²) in [6, 6.07) is -0.267. The molecule has 0 aromatic carbocycles. The molecule has 0 aromatic rings. The topological polar surface area (TPSA) is 72.6 Å². The highest BCUT2D eigenvalue weighted by Crippen LogP contribution is 2.02. The van der Waals surface area contributed by atoms with E-state index in [2.05, 4.69) is 0 Å². The van der Waals surface area contributed by atoms with Gasteiger partial charge in [-0.15, -0.1) is 0 Å². The van der Waals surface area contributed by atoms with Crippen molar-refractivity contribution >= 4 is 10.0 Å². The number of sulfonamides is 1. The van der Waals surface area contributed by atoms with Crippen molar-refractivity contribution in [2.75, 3.05) is 33.1 Å². The largest absolute Gasteiger partial charge is 0.383 e. The molecule has 2 N–H and O–H groups in total. The number of unbranched alkanes of at least 4 members (excludes halogenated alkanes) is 1. The Morgan fingerprint density at radius 2 is 2.07 bits per heavy atom. The minimum atomic E-state index is -3.14. The molecule has 0 spiro atoms. The molecule has 92 valence electrons.